The molecular weight excluding hydrogens is 482 g/mol. The summed E-state index contributed by atoms with van der Waals surface area (Å²) < 4.78 is 10.7. The first-order valence-electron chi connectivity index (χ1n) is 12.6. The topological polar surface area (TPSA) is 110 Å². The van der Waals surface area contributed by atoms with Gasteiger partial charge >= 0.3 is 12.1 Å². The third kappa shape index (κ3) is 7.96. The molecule has 0 bridgehead atoms. The molecule has 4 rings (SSSR count). The molecule has 8 heteroatoms. The lowest BCUT2D eigenvalue weighted by Crippen LogP contribution is -2.43. The number of hydrogen-bond donors (Lipinski definition) is 3. The largest absolute Gasteiger partial charge is 0.459 e. The van der Waals surface area contributed by atoms with Crippen LogP contribution < -0.4 is 10.6 Å². The van der Waals surface area contributed by atoms with Gasteiger partial charge < -0.3 is 25.1 Å². The van der Waals surface area contributed by atoms with Gasteiger partial charge in [0.25, 0.3) is 0 Å². The molecule has 0 spiro atoms. The Morgan fingerprint density at radius 3 is 2.13 bits per heavy atom. The monoisotopic (exact) mass is 513 g/mol. The molecule has 0 fully saturated rings. The molecule has 3 aromatic carbocycles. The van der Waals surface area contributed by atoms with Crippen molar-refractivity contribution in [2.24, 2.45) is 0 Å². The Balaban J connectivity index is 1.28. The van der Waals surface area contributed by atoms with Gasteiger partial charge in [0, 0.05) is 36.5 Å². The lowest BCUT2D eigenvalue weighted by Gasteiger charge is -2.18. The van der Waals surface area contributed by atoms with Crippen LogP contribution in [0, 0.1) is 0 Å². The number of fused-ring (bicyclic) bond motifs is 1. The standard InChI is InChI=1S/C30H31N3O5/c34-28(16-9-17-31-30(36)38-21-23-12-5-2-6-13-23)33-27(29(35)37-20-22-10-3-1-4-11-22)18-24-19-32-26-15-8-7-14-25(24)26/h1-8,10-15,19,27,32H,9,16-18,20-21H2,(H,31,36)(H,33,34). The minimum atomic E-state index is -0.853. The van der Waals surface area contributed by atoms with E-state index >= 15 is 0 Å². The summed E-state index contributed by atoms with van der Waals surface area (Å²) in [4.78, 5) is 40.8. The van der Waals surface area contributed by atoms with Gasteiger partial charge in [-0.2, -0.15) is 0 Å². The van der Waals surface area contributed by atoms with Gasteiger partial charge in [-0.3, -0.25) is 4.79 Å². The number of alkyl carbamates (subject to hydrolysis) is 1. The van der Waals surface area contributed by atoms with E-state index in [4.69, 9.17) is 9.47 Å². The summed E-state index contributed by atoms with van der Waals surface area (Å²) in [6.45, 7) is 0.565. The molecule has 196 valence electrons. The zero-order valence-corrected chi connectivity index (χ0v) is 21.0. The quantitative estimate of drug-likeness (QED) is 0.189. The number of hydrogen-bond acceptors (Lipinski definition) is 5. The summed E-state index contributed by atoms with van der Waals surface area (Å²) in [5.74, 6) is -0.805. The maximum Gasteiger partial charge on any atom is 0.407 e. The predicted octanol–water partition coefficient (Wildman–Crippen LogP) is 4.65. The third-order valence-electron chi connectivity index (χ3n) is 6.01. The Morgan fingerprint density at radius 1 is 0.789 bits per heavy atom. The minimum Gasteiger partial charge on any atom is -0.459 e. The van der Waals surface area contributed by atoms with Crippen LogP contribution in [0.1, 0.15) is 29.5 Å². The average Bonchev–Trinajstić information content (AvgIpc) is 3.36. The molecule has 8 nitrogen and oxygen atoms in total. The normalized spacial score (nSPS) is 11.5. The van der Waals surface area contributed by atoms with E-state index in [9.17, 15) is 14.4 Å². The van der Waals surface area contributed by atoms with Crippen LogP contribution in [0.4, 0.5) is 4.79 Å². The molecular formula is C30H31N3O5. The van der Waals surface area contributed by atoms with Gasteiger partial charge in [-0.25, -0.2) is 9.59 Å². The summed E-state index contributed by atoms with van der Waals surface area (Å²) in [6, 6.07) is 25.7. The summed E-state index contributed by atoms with van der Waals surface area (Å²) >= 11 is 0. The van der Waals surface area contributed by atoms with E-state index < -0.39 is 18.1 Å². The van der Waals surface area contributed by atoms with Gasteiger partial charge in [0.05, 0.1) is 0 Å². The maximum atomic E-state index is 13.0. The number of aromatic nitrogens is 1. The summed E-state index contributed by atoms with van der Waals surface area (Å²) in [5.41, 5.74) is 3.62. The molecule has 0 saturated carbocycles. The lowest BCUT2D eigenvalue weighted by atomic mass is 10.0. The number of carbonyl (C=O) groups excluding carboxylic acids is 3. The summed E-state index contributed by atoms with van der Waals surface area (Å²) in [6.07, 6.45) is 2.11. The molecule has 2 amide bonds. The highest BCUT2D eigenvalue weighted by Crippen LogP contribution is 2.19. The van der Waals surface area contributed by atoms with E-state index in [1.165, 1.54) is 0 Å². The fourth-order valence-corrected chi connectivity index (χ4v) is 4.02. The molecule has 3 N–H and O–H groups in total. The first-order chi connectivity index (χ1) is 18.6. The van der Waals surface area contributed by atoms with Crippen molar-refractivity contribution >= 4 is 28.9 Å². The average molecular weight is 514 g/mol. The molecule has 4 aromatic rings. The number of benzene rings is 3. The first-order valence-corrected chi connectivity index (χ1v) is 12.6. The number of H-pyrrole nitrogens is 1. The molecule has 1 aromatic heterocycles. The zero-order valence-electron chi connectivity index (χ0n) is 21.0. The molecule has 0 saturated heterocycles. The highest BCUT2D eigenvalue weighted by Gasteiger charge is 2.24. The van der Waals surface area contributed by atoms with Crippen LogP contribution in [0.3, 0.4) is 0 Å². The van der Waals surface area contributed by atoms with Crippen molar-refractivity contribution in [1.82, 2.24) is 15.6 Å². The molecule has 0 radical (unpaired) electrons. The second kappa shape index (κ2) is 13.6. The van der Waals surface area contributed by atoms with Crippen LogP contribution in [-0.2, 0) is 38.7 Å². The van der Waals surface area contributed by atoms with Crippen molar-refractivity contribution in [3.05, 3.63) is 108 Å². The SMILES string of the molecule is O=C(CCCNC(=O)OCc1ccccc1)NC(Cc1c[nH]c2ccccc12)C(=O)OCc1ccccc1. The molecule has 1 atom stereocenters. The fraction of sp³-hybridized carbons (Fsp3) is 0.233. The second-order valence-corrected chi connectivity index (χ2v) is 8.87. The van der Waals surface area contributed by atoms with Crippen molar-refractivity contribution < 1.29 is 23.9 Å². The van der Waals surface area contributed by atoms with Crippen molar-refractivity contribution in [3.8, 4) is 0 Å². The van der Waals surface area contributed by atoms with Crippen molar-refractivity contribution in [1.29, 1.82) is 0 Å². The van der Waals surface area contributed by atoms with Gasteiger partial charge in [-0.15, -0.1) is 0 Å². The van der Waals surface area contributed by atoms with Crippen LogP contribution >= 0.6 is 0 Å². The van der Waals surface area contributed by atoms with Crippen LogP contribution in [-0.4, -0.2) is 35.5 Å². The van der Waals surface area contributed by atoms with Crippen molar-refractivity contribution in [2.75, 3.05) is 6.54 Å². The second-order valence-electron chi connectivity index (χ2n) is 8.87. The molecule has 1 heterocycles. The van der Waals surface area contributed by atoms with E-state index in [2.05, 4.69) is 15.6 Å². The Bertz CT molecular complexity index is 1340. The Hall–Kier alpha value is -4.59. The number of aromatic amines is 1. The molecule has 0 aliphatic heterocycles. The lowest BCUT2D eigenvalue weighted by molar-refractivity contribution is -0.149. The van der Waals surface area contributed by atoms with Gasteiger partial charge in [0.1, 0.15) is 19.3 Å². The Kier molecular flexibility index (Phi) is 9.51. The van der Waals surface area contributed by atoms with Crippen LogP contribution in [0.5, 0.6) is 0 Å². The molecule has 0 aliphatic rings. The van der Waals surface area contributed by atoms with E-state index in [1.807, 2.05) is 91.1 Å². The van der Waals surface area contributed by atoms with E-state index in [0.29, 0.717) is 6.42 Å². The van der Waals surface area contributed by atoms with Crippen LogP contribution in [0.2, 0.25) is 0 Å². The maximum absolute atomic E-state index is 13.0. The van der Waals surface area contributed by atoms with Gasteiger partial charge in [0.2, 0.25) is 5.91 Å². The molecule has 1 unspecified atom stereocenters. The van der Waals surface area contributed by atoms with E-state index in [1.54, 1.807) is 0 Å². The number of esters is 1. The smallest absolute Gasteiger partial charge is 0.407 e. The Morgan fingerprint density at radius 2 is 1.42 bits per heavy atom. The van der Waals surface area contributed by atoms with Crippen LogP contribution in [0.15, 0.2) is 91.1 Å². The number of para-hydroxylation sites is 1. The highest BCUT2D eigenvalue weighted by atomic mass is 16.5. The minimum absolute atomic E-state index is 0.120. The number of rotatable bonds is 12. The number of amides is 2. The zero-order chi connectivity index (χ0) is 26.6. The van der Waals surface area contributed by atoms with Crippen molar-refractivity contribution in [3.63, 3.8) is 0 Å². The van der Waals surface area contributed by atoms with Crippen LogP contribution in [0.25, 0.3) is 10.9 Å². The number of ether oxygens (including phenoxy) is 2. The highest BCUT2D eigenvalue weighted by molar-refractivity contribution is 5.87. The van der Waals surface area contributed by atoms with E-state index in [-0.39, 0.29) is 38.5 Å². The third-order valence-corrected chi connectivity index (χ3v) is 6.01. The Labute approximate surface area is 221 Å². The number of nitrogens with one attached hydrogen (secondary N) is 3. The van der Waals surface area contributed by atoms with Gasteiger partial charge in [-0.1, -0.05) is 78.9 Å². The predicted molar refractivity (Wildman–Crippen MR) is 144 cm³/mol. The van der Waals surface area contributed by atoms with Gasteiger partial charge in [-0.05, 0) is 29.2 Å². The van der Waals surface area contributed by atoms with E-state index in [0.717, 1.165) is 27.6 Å². The van der Waals surface area contributed by atoms with Crippen molar-refractivity contribution in [2.45, 2.75) is 38.5 Å². The number of carbonyl (C=O) groups is 3. The first kappa shape index (κ1) is 26.5. The van der Waals surface area contributed by atoms with Gasteiger partial charge in [0.15, 0.2) is 0 Å². The molecule has 38 heavy (non-hydrogen) atoms. The molecule has 0 aliphatic carbocycles. The summed E-state index contributed by atoms with van der Waals surface area (Å²) in [7, 11) is 0. The fourth-order valence-electron chi connectivity index (χ4n) is 4.02. The summed E-state index contributed by atoms with van der Waals surface area (Å²) in [5, 5.41) is 6.45.